The topological polar surface area (TPSA) is 88.3 Å². The van der Waals surface area contributed by atoms with Crippen LogP contribution in [0.25, 0.3) is 0 Å². The summed E-state index contributed by atoms with van der Waals surface area (Å²) in [5, 5.41) is 15.9. The van der Waals surface area contributed by atoms with E-state index in [2.05, 4.69) is 15.5 Å². The quantitative estimate of drug-likeness (QED) is 0.878. The van der Waals surface area contributed by atoms with Crippen LogP contribution >= 0.6 is 0 Å². The standard InChI is InChI=1S/C13H15N3O3/c1-7-10(13(17)18)4-5-12(15-7)14-6-11-8(2)16-19-9(11)3/h4-5H,6H2,1-3H3,(H,14,15)(H,17,18). The van der Waals surface area contributed by atoms with Gasteiger partial charge in [0.25, 0.3) is 0 Å². The Morgan fingerprint density at radius 1 is 1.32 bits per heavy atom. The van der Waals surface area contributed by atoms with Crippen molar-refractivity contribution < 1.29 is 14.4 Å². The van der Waals surface area contributed by atoms with Gasteiger partial charge in [-0.05, 0) is 32.9 Å². The number of anilines is 1. The number of hydrogen-bond donors (Lipinski definition) is 2. The van der Waals surface area contributed by atoms with Crippen molar-refractivity contribution in [3.8, 4) is 0 Å². The fourth-order valence-electron chi connectivity index (χ4n) is 1.82. The molecule has 0 aliphatic carbocycles. The van der Waals surface area contributed by atoms with Crippen molar-refractivity contribution in [2.24, 2.45) is 0 Å². The third-order valence-corrected chi connectivity index (χ3v) is 2.94. The van der Waals surface area contributed by atoms with Gasteiger partial charge in [-0.15, -0.1) is 0 Å². The van der Waals surface area contributed by atoms with Gasteiger partial charge in [-0.1, -0.05) is 5.16 Å². The molecule has 2 rings (SSSR count). The summed E-state index contributed by atoms with van der Waals surface area (Å²) >= 11 is 0. The molecule has 0 atom stereocenters. The van der Waals surface area contributed by atoms with E-state index in [1.807, 2.05) is 13.8 Å². The van der Waals surface area contributed by atoms with Gasteiger partial charge in [0.2, 0.25) is 0 Å². The van der Waals surface area contributed by atoms with Gasteiger partial charge in [-0.3, -0.25) is 0 Å². The summed E-state index contributed by atoms with van der Waals surface area (Å²) in [5.41, 5.74) is 2.52. The molecule has 0 amide bonds. The molecule has 0 aliphatic heterocycles. The van der Waals surface area contributed by atoms with Crippen LogP contribution < -0.4 is 5.32 Å². The average molecular weight is 261 g/mol. The van der Waals surface area contributed by atoms with Crippen LogP contribution in [0.2, 0.25) is 0 Å². The fourth-order valence-corrected chi connectivity index (χ4v) is 1.82. The van der Waals surface area contributed by atoms with Gasteiger partial charge in [0, 0.05) is 12.1 Å². The van der Waals surface area contributed by atoms with Gasteiger partial charge in [0.05, 0.1) is 17.0 Å². The second-order valence-electron chi connectivity index (χ2n) is 4.29. The molecule has 0 fully saturated rings. The lowest BCUT2D eigenvalue weighted by atomic mass is 10.2. The van der Waals surface area contributed by atoms with Gasteiger partial charge < -0.3 is 14.9 Å². The van der Waals surface area contributed by atoms with Gasteiger partial charge in [0.1, 0.15) is 11.6 Å². The van der Waals surface area contributed by atoms with Crippen molar-refractivity contribution in [3.05, 3.63) is 40.4 Å². The number of aryl methyl sites for hydroxylation is 3. The second-order valence-corrected chi connectivity index (χ2v) is 4.29. The number of rotatable bonds is 4. The fraction of sp³-hybridized carbons (Fsp3) is 0.308. The first-order chi connectivity index (χ1) is 8.99. The number of carboxylic acids is 1. The van der Waals surface area contributed by atoms with E-state index in [9.17, 15) is 4.79 Å². The zero-order valence-electron chi connectivity index (χ0n) is 11.0. The van der Waals surface area contributed by atoms with Crippen molar-refractivity contribution in [2.45, 2.75) is 27.3 Å². The minimum absolute atomic E-state index is 0.211. The summed E-state index contributed by atoms with van der Waals surface area (Å²) in [5.74, 6) is 0.425. The maximum absolute atomic E-state index is 10.9. The summed E-state index contributed by atoms with van der Waals surface area (Å²) in [6.07, 6.45) is 0. The first-order valence-corrected chi connectivity index (χ1v) is 5.85. The predicted octanol–water partition coefficient (Wildman–Crippen LogP) is 2.31. The third-order valence-electron chi connectivity index (χ3n) is 2.94. The van der Waals surface area contributed by atoms with E-state index >= 15 is 0 Å². The maximum atomic E-state index is 10.9. The second kappa shape index (κ2) is 5.09. The van der Waals surface area contributed by atoms with Crippen molar-refractivity contribution in [1.82, 2.24) is 10.1 Å². The summed E-state index contributed by atoms with van der Waals surface area (Å²) in [6, 6.07) is 3.19. The lowest BCUT2D eigenvalue weighted by Gasteiger charge is -2.07. The summed E-state index contributed by atoms with van der Waals surface area (Å²) in [6.45, 7) is 5.94. The number of pyridine rings is 1. The largest absolute Gasteiger partial charge is 0.478 e. The van der Waals surface area contributed by atoms with Crippen LogP contribution in [-0.4, -0.2) is 21.2 Å². The number of carbonyl (C=O) groups is 1. The van der Waals surface area contributed by atoms with E-state index in [4.69, 9.17) is 9.63 Å². The van der Waals surface area contributed by atoms with Crippen LogP contribution in [0.4, 0.5) is 5.82 Å². The number of aromatic nitrogens is 2. The highest BCUT2D eigenvalue weighted by atomic mass is 16.5. The summed E-state index contributed by atoms with van der Waals surface area (Å²) in [4.78, 5) is 15.1. The Labute approximate surface area is 110 Å². The average Bonchev–Trinajstić information content (AvgIpc) is 2.66. The molecule has 19 heavy (non-hydrogen) atoms. The third kappa shape index (κ3) is 2.73. The molecule has 0 radical (unpaired) electrons. The molecule has 0 saturated heterocycles. The van der Waals surface area contributed by atoms with E-state index in [1.165, 1.54) is 0 Å². The highest BCUT2D eigenvalue weighted by molar-refractivity contribution is 5.89. The molecule has 0 unspecified atom stereocenters. The molecule has 2 N–H and O–H groups in total. The van der Waals surface area contributed by atoms with Crippen LogP contribution in [0.1, 0.15) is 33.1 Å². The van der Waals surface area contributed by atoms with Crippen molar-refractivity contribution in [1.29, 1.82) is 0 Å². The van der Waals surface area contributed by atoms with Gasteiger partial charge in [-0.2, -0.15) is 0 Å². The number of nitrogens with zero attached hydrogens (tertiary/aromatic N) is 2. The molecule has 0 spiro atoms. The van der Waals surface area contributed by atoms with Crippen LogP contribution in [0.5, 0.6) is 0 Å². The first-order valence-electron chi connectivity index (χ1n) is 5.85. The maximum Gasteiger partial charge on any atom is 0.337 e. The summed E-state index contributed by atoms with van der Waals surface area (Å²) < 4.78 is 5.07. The van der Waals surface area contributed by atoms with Crippen molar-refractivity contribution in [3.63, 3.8) is 0 Å². The lowest BCUT2D eigenvalue weighted by Crippen LogP contribution is -2.07. The number of nitrogens with one attached hydrogen (secondary N) is 1. The molecule has 2 heterocycles. The first kappa shape index (κ1) is 13.1. The van der Waals surface area contributed by atoms with Gasteiger partial charge in [0.15, 0.2) is 0 Å². The van der Waals surface area contributed by atoms with Crippen LogP contribution in [0.3, 0.4) is 0 Å². The van der Waals surface area contributed by atoms with Gasteiger partial charge >= 0.3 is 5.97 Å². The molecule has 100 valence electrons. The Bertz CT molecular complexity index is 600. The molecule has 0 aromatic carbocycles. The Hall–Kier alpha value is -2.37. The zero-order chi connectivity index (χ0) is 14.0. The van der Waals surface area contributed by atoms with E-state index in [1.54, 1.807) is 19.1 Å². The molecular weight excluding hydrogens is 246 g/mol. The molecule has 6 nitrogen and oxygen atoms in total. The summed E-state index contributed by atoms with van der Waals surface area (Å²) in [7, 11) is 0. The van der Waals surface area contributed by atoms with Gasteiger partial charge in [-0.25, -0.2) is 9.78 Å². The zero-order valence-corrected chi connectivity index (χ0v) is 11.0. The molecule has 0 aliphatic rings. The van der Waals surface area contributed by atoms with Crippen LogP contribution in [0.15, 0.2) is 16.7 Å². The molecule has 6 heteroatoms. The number of carboxylic acid groups (broad SMARTS) is 1. The minimum Gasteiger partial charge on any atom is -0.478 e. The monoisotopic (exact) mass is 261 g/mol. The Kier molecular flexibility index (Phi) is 3.50. The van der Waals surface area contributed by atoms with Crippen molar-refractivity contribution in [2.75, 3.05) is 5.32 Å². The lowest BCUT2D eigenvalue weighted by molar-refractivity contribution is 0.0695. The predicted molar refractivity (Wildman–Crippen MR) is 69.2 cm³/mol. The van der Waals surface area contributed by atoms with Crippen molar-refractivity contribution >= 4 is 11.8 Å². The molecular formula is C13H15N3O3. The SMILES string of the molecule is Cc1nc(NCc2c(C)noc2C)ccc1C(=O)O. The highest BCUT2D eigenvalue weighted by Crippen LogP contribution is 2.15. The normalized spacial score (nSPS) is 10.5. The van der Waals surface area contributed by atoms with Crippen LogP contribution in [0, 0.1) is 20.8 Å². The van der Waals surface area contributed by atoms with E-state index < -0.39 is 5.97 Å². The highest BCUT2D eigenvalue weighted by Gasteiger charge is 2.11. The van der Waals surface area contributed by atoms with E-state index in [-0.39, 0.29) is 5.56 Å². The van der Waals surface area contributed by atoms with Crippen LogP contribution in [-0.2, 0) is 6.54 Å². The number of aromatic carboxylic acids is 1. The number of hydrogen-bond acceptors (Lipinski definition) is 5. The molecule has 2 aromatic rings. The van der Waals surface area contributed by atoms with E-state index in [0.717, 1.165) is 17.0 Å². The molecule has 0 saturated carbocycles. The molecule has 2 aromatic heterocycles. The minimum atomic E-state index is -0.970. The molecule has 0 bridgehead atoms. The smallest absolute Gasteiger partial charge is 0.337 e. The Morgan fingerprint density at radius 2 is 2.05 bits per heavy atom. The van der Waals surface area contributed by atoms with E-state index in [0.29, 0.717) is 18.1 Å². The Balaban J connectivity index is 2.13. The Morgan fingerprint density at radius 3 is 2.58 bits per heavy atom.